The van der Waals surface area contributed by atoms with Crippen molar-refractivity contribution in [2.75, 3.05) is 0 Å². The quantitative estimate of drug-likeness (QED) is 0.645. The number of aromatic amines is 1. The second-order valence-electron chi connectivity index (χ2n) is 6.29. The number of nitro benzene ring substituents is 1. The SMILES string of the molecule is CC(C)(C)OC(=O)NC(Cc1ncc[nH]1)c1ccc([N+](=O)[O-])cc1. The first-order chi connectivity index (χ1) is 11.2. The summed E-state index contributed by atoms with van der Waals surface area (Å²) in [6.45, 7) is 5.33. The van der Waals surface area contributed by atoms with E-state index < -0.39 is 22.7 Å². The number of nitro groups is 1. The van der Waals surface area contributed by atoms with Gasteiger partial charge in [0.1, 0.15) is 11.4 Å². The van der Waals surface area contributed by atoms with Gasteiger partial charge >= 0.3 is 6.09 Å². The van der Waals surface area contributed by atoms with Gasteiger partial charge in [0.15, 0.2) is 0 Å². The molecule has 0 aliphatic carbocycles. The number of hydrogen-bond acceptors (Lipinski definition) is 5. The summed E-state index contributed by atoms with van der Waals surface area (Å²) in [6.07, 6.45) is 3.16. The molecular formula is C16H20N4O4. The predicted octanol–water partition coefficient (Wildman–Crippen LogP) is 3.13. The van der Waals surface area contributed by atoms with Crippen LogP contribution in [0, 0.1) is 10.1 Å². The summed E-state index contributed by atoms with van der Waals surface area (Å²) in [5, 5.41) is 13.6. The molecule has 8 nitrogen and oxygen atoms in total. The summed E-state index contributed by atoms with van der Waals surface area (Å²) in [6, 6.07) is 5.61. The third-order valence-electron chi connectivity index (χ3n) is 3.15. The van der Waals surface area contributed by atoms with Gasteiger partial charge in [-0.2, -0.15) is 0 Å². The largest absolute Gasteiger partial charge is 0.444 e. The van der Waals surface area contributed by atoms with Crippen molar-refractivity contribution >= 4 is 11.8 Å². The van der Waals surface area contributed by atoms with Crippen LogP contribution < -0.4 is 5.32 Å². The highest BCUT2D eigenvalue weighted by molar-refractivity contribution is 5.68. The molecule has 0 saturated carbocycles. The molecule has 2 rings (SSSR count). The van der Waals surface area contributed by atoms with Gasteiger partial charge in [0.25, 0.3) is 5.69 Å². The van der Waals surface area contributed by atoms with Crippen LogP contribution in [0.2, 0.25) is 0 Å². The Balaban J connectivity index is 2.18. The van der Waals surface area contributed by atoms with E-state index in [-0.39, 0.29) is 5.69 Å². The standard InChI is InChI=1S/C16H20N4O4/c1-16(2,3)24-15(21)19-13(10-14-17-8-9-18-14)11-4-6-12(7-5-11)20(22)23/h4-9,13H,10H2,1-3H3,(H,17,18)(H,19,21). The third kappa shape index (κ3) is 5.08. The van der Waals surface area contributed by atoms with Crippen LogP contribution in [-0.2, 0) is 11.2 Å². The molecule has 0 fully saturated rings. The van der Waals surface area contributed by atoms with E-state index in [4.69, 9.17) is 4.74 Å². The molecule has 0 aliphatic rings. The van der Waals surface area contributed by atoms with Gasteiger partial charge in [0.2, 0.25) is 0 Å². The molecular weight excluding hydrogens is 312 g/mol. The number of ether oxygens (including phenoxy) is 1. The van der Waals surface area contributed by atoms with Crippen molar-refractivity contribution in [2.24, 2.45) is 0 Å². The van der Waals surface area contributed by atoms with Gasteiger partial charge in [-0.1, -0.05) is 12.1 Å². The lowest BCUT2D eigenvalue weighted by Gasteiger charge is -2.23. The van der Waals surface area contributed by atoms with Crippen LogP contribution in [0.25, 0.3) is 0 Å². The minimum absolute atomic E-state index is 0.00670. The van der Waals surface area contributed by atoms with Crippen molar-refractivity contribution < 1.29 is 14.5 Å². The van der Waals surface area contributed by atoms with Crippen molar-refractivity contribution in [3.63, 3.8) is 0 Å². The minimum atomic E-state index is -0.616. The van der Waals surface area contributed by atoms with E-state index in [1.807, 2.05) is 0 Å². The Bertz CT molecular complexity index is 690. The average Bonchev–Trinajstić information content (AvgIpc) is 2.97. The number of H-pyrrole nitrogens is 1. The average molecular weight is 332 g/mol. The Morgan fingerprint density at radius 1 is 1.38 bits per heavy atom. The lowest BCUT2D eigenvalue weighted by Crippen LogP contribution is -2.35. The Labute approximate surface area is 139 Å². The zero-order valence-electron chi connectivity index (χ0n) is 13.8. The number of benzene rings is 1. The van der Waals surface area contributed by atoms with Crippen LogP contribution in [0.4, 0.5) is 10.5 Å². The maximum atomic E-state index is 12.1. The van der Waals surface area contributed by atoms with Gasteiger partial charge < -0.3 is 15.0 Å². The molecule has 1 aromatic heterocycles. The van der Waals surface area contributed by atoms with Gasteiger partial charge in [-0.15, -0.1) is 0 Å². The summed E-state index contributed by atoms with van der Waals surface area (Å²) >= 11 is 0. The molecule has 0 spiro atoms. The Morgan fingerprint density at radius 3 is 2.54 bits per heavy atom. The minimum Gasteiger partial charge on any atom is -0.444 e. The molecule has 0 radical (unpaired) electrons. The number of non-ortho nitro benzene ring substituents is 1. The third-order valence-corrected chi connectivity index (χ3v) is 3.15. The van der Waals surface area contributed by atoms with Crippen LogP contribution in [0.3, 0.4) is 0 Å². The van der Waals surface area contributed by atoms with Gasteiger partial charge in [0.05, 0.1) is 11.0 Å². The van der Waals surface area contributed by atoms with Crippen molar-refractivity contribution in [3.05, 3.63) is 58.2 Å². The van der Waals surface area contributed by atoms with E-state index in [2.05, 4.69) is 15.3 Å². The summed E-state index contributed by atoms with van der Waals surface area (Å²) < 4.78 is 5.28. The molecule has 8 heteroatoms. The van der Waals surface area contributed by atoms with Crippen molar-refractivity contribution in [1.82, 2.24) is 15.3 Å². The fraction of sp³-hybridized carbons (Fsp3) is 0.375. The predicted molar refractivity (Wildman–Crippen MR) is 87.5 cm³/mol. The fourth-order valence-corrected chi connectivity index (χ4v) is 2.13. The molecule has 0 bridgehead atoms. The van der Waals surface area contributed by atoms with Gasteiger partial charge in [0, 0.05) is 30.9 Å². The molecule has 2 N–H and O–H groups in total. The summed E-state index contributed by atoms with van der Waals surface area (Å²) in [5.74, 6) is 0.689. The molecule has 128 valence electrons. The van der Waals surface area contributed by atoms with E-state index in [0.717, 1.165) is 5.56 Å². The topological polar surface area (TPSA) is 110 Å². The fourth-order valence-electron chi connectivity index (χ4n) is 2.13. The van der Waals surface area contributed by atoms with Crippen molar-refractivity contribution in [1.29, 1.82) is 0 Å². The van der Waals surface area contributed by atoms with Crippen LogP contribution in [0.5, 0.6) is 0 Å². The second kappa shape index (κ2) is 7.12. The molecule has 1 amide bonds. The van der Waals surface area contributed by atoms with E-state index in [1.165, 1.54) is 12.1 Å². The molecule has 24 heavy (non-hydrogen) atoms. The van der Waals surface area contributed by atoms with E-state index in [1.54, 1.807) is 45.3 Å². The normalized spacial score (nSPS) is 12.5. The lowest BCUT2D eigenvalue weighted by molar-refractivity contribution is -0.384. The number of nitrogens with one attached hydrogen (secondary N) is 2. The maximum Gasteiger partial charge on any atom is 0.408 e. The van der Waals surface area contributed by atoms with Crippen LogP contribution >= 0.6 is 0 Å². The number of amides is 1. The first-order valence-corrected chi connectivity index (χ1v) is 7.47. The zero-order chi connectivity index (χ0) is 17.7. The smallest absolute Gasteiger partial charge is 0.408 e. The number of nitrogens with zero attached hydrogens (tertiary/aromatic N) is 2. The Hall–Kier alpha value is -2.90. The monoisotopic (exact) mass is 332 g/mol. The summed E-state index contributed by atoms with van der Waals surface area (Å²) in [5.41, 5.74) is 0.102. The van der Waals surface area contributed by atoms with Gasteiger partial charge in [-0.25, -0.2) is 9.78 Å². The summed E-state index contributed by atoms with van der Waals surface area (Å²) in [7, 11) is 0. The zero-order valence-corrected chi connectivity index (χ0v) is 13.8. The van der Waals surface area contributed by atoms with Crippen LogP contribution in [-0.4, -0.2) is 26.6 Å². The van der Waals surface area contributed by atoms with E-state index in [9.17, 15) is 14.9 Å². The number of alkyl carbamates (subject to hydrolysis) is 1. The maximum absolute atomic E-state index is 12.1. The number of hydrogen-bond donors (Lipinski definition) is 2. The molecule has 1 aromatic carbocycles. The lowest BCUT2D eigenvalue weighted by atomic mass is 10.0. The van der Waals surface area contributed by atoms with Gasteiger partial charge in [-0.3, -0.25) is 10.1 Å². The summed E-state index contributed by atoms with van der Waals surface area (Å²) in [4.78, 5) is 29.5. The number of aromatic nitrogens is 2. The van der Waals surface area contributed by atoms with Crippen molar-refractivity contribution in [2.45, 2.75) is 38.8 Å². The molecule has 1 unspecified atom stereocenters. The van der Waals surface area contributed by atoms with Gasteiger partial charge in [-0.05, 0) is 26.3 Å². The second-order valence-corrected chi connectivity index (χ2v) is 6.29. The number of rotatable bonds is 5. The molecule has 1 heterocycles. The molecule has 0 aliphatic heterocycles. The number of carbonyl (C=O) groups excluding carboxylic acids is 1. The number of imidazole rings is 1. The highest BCUT2D eigenvalue weighted by Gasteiger charge is 2.22. The molecule has 0 saturated heterocycles. The molecule has 2 aromatic rings. The van der Waals surface area contributed by atoms with E-state index in [0.29, 0.717) is 12.2 Å². The van der Waals surface area contributed by atoms with Crippen LogP contribution in [0.1, 0.15) is 38.2 Å². The van der Waals surface area contributed by atoms with Crippen molar-refractivity contribution in [3.8, 4) is 0 Å². The van der Waals surface area contributed by atoms with E-state index >= 15 is 0 Å². The Kier molecular flexibility index (Phi) is 5.18. The Morgan fingerprint density at radius 2 is 2.04 bits per heavy atom. The van der Waals surface area contributed by atoms with Crippen LogP contribution in [0.15, 0.2) is 36.7 Å². The highest BCUT2D eigenvalue weighted by Crippen LogP contribution is 2.21. The number of carbonyl (C=O) groups is 1. The highest BCUT2D eigenvalue weighted by atomic mass is 16.6. The molecule has 1 atom stereocenters. The first-order valence-electron chi connectivity index (χ1n) is 7.47. The first kappa shape index (κ1) is 17.5.